The minimum atomic E-state index is -3.97. The van der Waals surface area contributed by atoms with Crippen molar-refractivity contribution in [1.82, 2.24) is 14.1 Å². The van der Waals surface area contributed by atoms with Crippen LogP contribution in [0.3, 0.4) is 0 Å². The van der Waals surface area contributed by atoms with Crippen molar-refractivity contribution in [2.75, 3.05) is 39.8 Å². The number of benzene rings is 2. The molecule has 0 bridgehead atoms. The van der Waals surface area contributed by atoms with E-state index in [2.05, 4.69) is 4.90 Å². The van der Waals surface area contributed by atoms with E-state index in [0.29, 0.717) is 13.1 Å². The minimum absolute atomic E-state index is 0.0885. The van der Waals surface area contributed by atoms with Crippen LogP contribution in [-0.4, -0.2) is 68.2 Å². The molecule has 2 aromatic carbocycles. The van der Waals surface area contributed by atoms with Crippen LogP contribution < -0.4 is 0 Å². The third kappa shape index (κ3) is 5.20. The number of hydrogen-bond donors (Lipinski definition) is 0. The largest absolute Gasteiger partial charge is 0.339 e. The molecule has 2 aromatic rings. The standard InChI is InChI=1S/C21H26FN3O3S/c1-17-7-9-19(10-8-17)29(27,28)25(15-18-5-3-4-6-20(18)22)16-21(26)24-13-11-23(2)12-14-24/h3-10H,11-16H2,1-2H3. The van der Waals surface area contributed by atoms with Crippen LogP contribution in [0.2, 0.25) is 0 Å². The number of aryl methyl sites for hydroxylation is 1. The van der Waals surface area contributed by atoms with Crippen molar-refractivity contribution in [2.24, 2.45) is 0 Å². The molecule has 0 spiro atoms. The average Bonchev–Trinajstić information content (AvgIpc) is 2.70. The first-order chi connectivity index (χ1) is 13.8. The molecule has 0 N–H and O–H groups in total. The van der Waals surface area contributed by atoms with E-state index < -0.39 is 15.8 Å². The number of sulfonamides is 1. The zero-order chi connectivity index (χ0) is 21.0. The minimum Gasteiger partial charge on any atom is -0.339 e. The summed E-state index contributed by atoms with van der Waals surface area (Å²) in [6.07, 6.45) is 0. The lowest BCUT2D eigenvalue weighted by molar-refractivity contribution is -0.133. The summed E-state index contributed by atoms with van der Waals surface area (Å²) in [5, 5.41) is 0. The fourth-order valence-corrected chi connectivity index (χ4v) is 4.58. The quantitative estimate of drug-likeness (QED) is 0.720. The first kappa shape index (κ1) is 21.4. The van der Waals surface area contributed by atoms with Crippen LogP contribution in [0, 0.1) is 12.7 Å². The van der Waals surface area contributed by atoms with Crippen LogP contribution in [0.4, 0.5) is 4.39 Å². The van der Waals surface area contributed by atoms with Crippen LogP contribution >= 0.6 is 0 Å². The number of carbonyl (C=O) groups is 1. The van der Waals surface area contributed by atoms with E-state index in [1.807, 2.05) is 14.0 Å². The monoisotopic (exact) mass is 419 g/mol. The van der Waals surface area contributed by atoms with Crippen LogP contribution in [0.1, 0.15) is 11.1 Å². The number of halogens is 1. The number of nitrogens with zero attached hydrogens (tertiary/aromatic N) is 3. The van der Waals surface area contributed by atoms with Gasteiger partial charge in [0.1, 0.15) is 5.82 Å². The Balaban J connectivity index is 1.88. The molecule has 0 aromatic heterocycles. The molecule has 0 saturated carbocycles. The van der Waals surface area contributed by atoms with Gasteiger partial charge in [0, 0.05) is 38.3 Å². The van der Waals surface area contributed by atoms with Crippen molar-refractivity contribution in [3.63, 3.8) is 0 Å². The molecule has 0 unspecified atom stereocenters. The molecule has 0 radical (unpaired) electrons. The summed E-state index contributed by atoms with van der Waals surface area (Å²) in [7, 11) is -1.99. The summed E-state index contributed by atoms with van der Waals surface area (Å²) in [6, 6.07) is 12.5. The third-order valence-electron chi connectivity index (χ3n) is 5.13. The number of carbonyl (C=O) groups excluding carboxylic acids is 1. The SMILES string of the molecule is Cc1ccc(S(=O)(=O)N(CC(=O)N2CCN(C)CC2)Cc2ccccc2F)cc1. The van der Waals surface area contributed by atoms with E-state index in [1.54, 1.807) is 29.2 Å². The summed E-state index contributed by atoms with van der Waals surface area (Å²) in [5.74, 6) is -0.770. The Morgan fingerprint density at radius 3 is 2.28 bits per heavy atom. The van der Waals surface area contributed by atoms with E-state index >= 15 is 0 Å². The van der Waals surface area contributed by atoms with Crippen LogP contribution in [-0.2, 0) is 21.4 Å². The zero-order valence-electron chi connectivity index (χ0n) is 16.7. The summed E-state index contributed by atoms with van der Waals surface area (Å²) < 4.78 is 41.8. The van der Waals surface area contributed by atoms with E-state index in [-0.39, 0.29) is 29.5 Å². The Morgan fingerprint density at radius 1 is 1.03 bits per heavy atom. The van der Waals surface area contributed by atoms with Gasteiger partial charge in [-0.2, -0.15) is 4.31 Å². The van der Waals surface area contributed by atoms with E-state index in [4.69, 9.17) is 0 Å². The molecule has 8 heteroatoms. The Kier molecular flexibility index (Phi) is 6.66. The average molecular weight is 420 g/mol. The fraction of sp³-hybridized carbons (Fsp3) is 0.381. The first-order valence-corrected chi connectivity index (χ1v) is 11.0. The molecule has 1 aliphatic heterocycles. The van der Waals surface area contributed by atoms with Gasteiger partial charge in [-0.15, -0.1) is 0 Å². The van der Waals surface area contributed by atoms with Gasteiger partial charge in [0.2, 0.25) is 15.9 Å². The molecule has 3 rings (SSSR count). The van der Waals surface area contributed by atoms with Crippen molar-refractivity contribution in [3.05, 3.63) is 65.5 Å². The lowest BCUT2D eigenvalue weighted by atomic mass is 10.2. The number of likely N-dealkylation sites (N-methyl/N-ethyl adjacent to an activating group) is 1. The topological polar surface area (TPSA) is 60.9 Å². The number of hydrogen-bond acceptors (Lipinski definition) is 4. The van der Waals surface area contributed by atoms with Gasteiger partial charge in [-0.25, -0.2) is 12.8 Å². The smallest absolute Gasteiger partial charge is 0.243 e. The maximum Gasteiger partial charge on any atom is 0.243 e. The van der Waals surface area contributed by atoms with Gasteiger partial charge < -0.3 is 9.80 Å². The van der Waals surface area contributed by atoms with Crippen molar-refractivity contribution < 1.29 is 17.6 Å². The van der Waals surface area contributed by atoms with Crippen LogP contribution in [0.5, 0.6) is 0 Å². The van der Waals surface area contributed by atoms with Gasteiger partial charge in [0.25, 0.3) is 0 Å². The summed E-state index contributed by atoms with van der Waals surface area (Å²) in [6.45, 7) is 3.91. The van der Waals surface area contributed by atoms with Crippen LogP contribution in [0.25, 0.3) is 0 Å². The zero-order valence-corrected chi connectivity index (χ0v) is 17.5. The van der Waals surface area contributed by atoms with Gasteiger partial charge in [0.05, 0.1) is 11.4 Å². The normalized spacial score (nSPS) is 15.7. The molecule has 6 nitrogen and oxygen atoms in total. The van der Waals surface area contributed by atoms with Gasteiger partial charge in [-0.05, 0) is 32.2 Å². The van der Waals surface area contributed by atoms with Crippen molar-refractivity contribution in [2.45, 2.75) is 18.4 Å². The first-order valence-electron chi connectivity index (χ1n) is 9.54. The third-order valence-corrected chi connectivity index (χ3v) is 6.94. The number of amides is 1. The Labute approximate surface area is 171 Å². The van der Waals surface area contributed by atoms with Crippen LogP contribution in [0.15, 0.2) is 53.4 Å². The summed E-state index contributed by atoms with van der Waals surface area (Å²) in [4.78, 5) is 16.7. The Hall–Kier alpha value is -2.29. The Morgan fingerprint density at radius 2 is 1.66 bits per heavy atom. The maximum absolute atomic E-state index is 14.2. The molecule has 1 amide bonds. The highest BCUT2D eigenvalue weighted by Gasteiger charge is 2.30. The van der Waals surface area contributed by atoms with Gasteiger partial charge in [0.15, 0.2) is 0 Å². The van der Waals surface area contributed by atoms with E-state index in [9.17, 15) is 17.6 Å². The highest BCUT2D eigenvalue weighted by Crippen LogP contribution is 2.20. The molecular weight excluding hydrogens is 393 g/mol. The number of piperazine rings is 1. The molecule has 0 atom stereocenters. The molecular formula is C21H26FN3O3S. The highest BCUT2D eigenvalue weighted by molar-refractivity contribution is 7.89. The van der Waals surface area contributed by atoms with E-state index in [0.717, 1.165) is 23.0 Å². The highest BCUT2D eigenvalue weighted by atomic mass is 32.2. The predicted molar refractivity (Wildman–Crippen MR) is 109 cm³/mol. The lowest BCUT2D eigenvalue weighted by Crippen LogP contribution is -2.50. The molecule has 1 aliphatic rings. The predicted octanol–water partition coefficient (Wildman–Crippen LogP) is 2.10. The molecule has 1 saturated heterocycles. The second-order valence-corrected chi connectivity index (χ2v) is 9.30. The maximum atomic E-state index is 14.2. The summed E-state index contributed by atoms with van der Waals surface area (Å²) >= 11 is 0. The molecule has 29 heavy (non-hydrogen) atoms. The van der Waals surface area contributed by atoms with Crippen molar-refractivity contribution in [1.29, 1.82) is 0 Å². The van der Waals surface area contributed by atoms with Gasteiger partial charge in [-0.1, -0.05) is 35.9 Å². The molecule has 1 heterocycles. The van der Waals surface area contributed by atoms with Gasteiger partial charge in [-0.3, -0.25) is 4.79 Å². The second-order valence-electron chi connectivity index (χ2n) is 7.36. The van der Waals surface area contributed by atoms with Gasteiger partial charge >= 0.3 is 0 Å². The van der Waals surface area contributed by atoms with E-state index in [1.165, 1.54) is 24.3 Å². The molecule has 0 aliphatic carbocycles. The second kappa shape index (κ2) is 9.02. The lowest BCUT2D eigenvalue weighted by Gasteiger charge is -2.33. The summed E-state index contributed by atoms with van der Waals surface area (Å²) in [5.41, 5.74) is 1.16. The number of rotatable bonds is 6. The molecule has 156 valence electrons. The fourth-order valence-electron chi connectivity index (χ4n) is 3.21. The molecule has 1 fully saturated rings. The van der Waals surface area contributed by atoms with Crippen molar-refractivity contribution in [3.8, 4) is 0 Å². The van der Waals surface area contributed by atoms with Crippen molar-refractivity contribution >= 4 is 15.9 Å². The Bertz CT molecular complexity index is 955.